The molecule has 3 N–H and O–H groups in total. The number of nitrogens with zero attached hydrogens (tertiary/aromatic N) is 2. The van der Waals surface area contributed by atoms with Gasteiger partial charge in [-0.15, -0.1) is 0 Å². The highest BCUT2D eigenvalue weighted by Gasteiger charge is 2.36. The van der Waals surface area contributed by atoms with Crippen molar-refractivity contribution in [2.45, 2.75) is 56.7 Å². The van der Waals surface area contributed by atoms with E-state index in [0.717, 1.165) is 37.1 Å². The van der Waals surface area contributed by atoms with Crippen molar-refractivity contribution in [1.82, 2.24) is 9.88 Å². The molecule has 2 aromatic rings. The Labute approximate surface area is 173 Å². The quantitative estimate of drug-likeness (QED) is 0.758. The van der Waals surface area contributed by atoms with E-state index in [2.05, 4.69) is 11.4 Å². The second kappa shape index (κ2) is 9.18. The fraction of sp³-hybridized carbons (Fsp3) is 0.409. The number of nitrogens with one attached hydrogen (secondary N) is 1. The summed E-state index contributed by atoms with van der Waals surface area (Å²) in [6, 6.07) is 11.0. The molecule has 1 aliphatic carbocycles. The fourth-order valence-electron chi connectivity index (χ4n) is 3.74. The maximum Gasteiger partial charge on any atom is 0.321 e. The van der Waals surface area contributed by atoms with E-state index in [-0.39, 0.29) is 5.91 Å². The summed E-state index contributed by atoms with van der Waals surface area (Å²) in [6.45, 7) is -2.91. The van der Waals surface area contributed by atoms with Gasteiger partial charge in [-0.05, 0) is 35.6 Å². The van der Waals surface area contributed by atoms with Gasteiger partial charge in [0, 0.05) is 18.7 Å². The molecule has 30 heavy (non-hydrogen) atoms. The molecule has 0 unspecified atom stereocenters. The number of halogens is 2. The standard InChI is InChI=1S/C22H24F2N4O2/c23-21(24)28-14-17(8-9-19(28)29)16-6-4-15(5-7-16)12-18(13-25)27-20(30)22(26)10-2-1-3-11-22/h4-9,14,18,21H,1-3,10-12,26H2,(H,27,30)/t18-/m0/s1. The molecule has 0 radical (unpaired) electrons. The Morgan fingerprint density at radius 2 is 1.77 bits per heavy atom. The summed E-state index contributed by atoms with van der Waals surface area (Å²) in [4.78, 5) is 24.0. The van der Waals surface area contributed by atoms with Gasteiger partial charge in [-0.3, -0.25) is 14.2 Å². The van der Waals surface area contributed by atoms with Crippen LogP contribution in [0, 0.1) is 11.3 Å². The topological polar surface area (TPSA) is 101 Å². The van der Waals surface area contributed by atoms with Gasteiger partial charge in [0.1, 0.15) is 6.04 Å². The summed E-state index contributed by atoms with van der Waals surface area (Å²) in [5.41, 5.74) is 6.50. The molecule has 158 valence electrons. The molecule has 0 saturated heterocycles. The second-order valence-electron chi connectivity index (χ2n) is 7.71. The van der Waals surface area contributed by atoms with Crippen LogP contribution < -0.4 is 16.6 Å². The lowest BCUT2D eigenvalue weighted by molar-refractivity contribution is -0.127. The number of nitrogens with two attached hydrogens (primary N) is 1. The number of alkyl halides is 2. The minimum absolute atomic E-state index is 0.292. The van der Waals surface area contributed by atoms with Gasteiger partial charge in [-0.2, -0.15) is 14.0 Å². The van der Waals surface area contributed by atoms with Gasteiger partial charge in [0.05, 0.1) is 11.6 Å². The molecule has 8 heteroatoms. The molecule has 1 atom stereocenters. The van der Waals surface area contributed by atoms with Crippen molar-refractivity contribution >= 4 is 5.91 Å². The molecule has 0 aliphatic heterocycles. The van der Waals surface area contributed by atoms with Crippen LogP contribution >= 0.6 is 0 Å². The largest absolute Gasteiger partial charge is 0.338 e. The number of rotatable bonds is 6. The molecule has 1 fully saturated rings. The predicted molar refractivity (Wildman–Crippen MR) is 109 cm³/mol. The van der Waals surface area contributed by atoms with Gasteiger partial charge in [-0.1, -0.05) is 43.5 Å². The fourth-order valence-corrected chi connectivity index (χ4v) is 3.74. The summed E-state index contributed by atoms with van der Waals surface area (Å²) in [6.07, 6.45) is 5.53. The lowest BCUT2D eigenvalue weighted by atomic mass is 9.81. The first-order valence-electron chi connectivity index (χ1n) is 9.91. The van der Waals surface area contributed by atoms with Crippen LogP contribution in [0.15, 0.2) is 47.4 Å². The van der Waals surface area contributed by atoms with Crippen molar-refractivity contribution in [2.24, 2.45) is 5.73 Å². The summed E-state index contributed by atoms with van der Waals surface area (Å²) < 4.78 is 26.2. The van der Waals surface area contributed by atoms with Crippen molar-refractivity contribution in [2.75, 3.05) is 0 Å². The number of aromatic nitrogens is 1. The zero-order chi connectivity index (χ0) is 21.7. The Kier molecular flexibility index (Phi) is 6.63. The van der Waals surface area contributed by atoms with Crippen LogP contribution in [0.4, 0.5) is 8.78 Å². The molecule has 1 saturated carbocycles. The number of pyridine rings is 1. The van der Waals surface area contributed by atoms with E-state index in [1.165, 1.54) is 6.07 Å². The average molecular weight is 414 g/mol. The van der Waals surface area contributed by atoms with Crippen LogP contribution in [0.5, 0.6) is 0 Å². The Morgan fingerprint density at radius 3 is 2.37 bits per heavy atom. The molecule has 3 rings (SSSR count). The van der Waals surface area contributed by atoms with Crippen LogP contribution in [-0.4, -0.2) is 22.1 Å². The first-order chi connectivity index (χ1) is 14.3. The van der Waals surface area contributed by atoms with E-state index < -0.39 is 23.7 Å². The van der Waals surface area contributed by atoms with Gasteiger partial charge in [0.25, 0.3) is 5.56 Å². The van der Waals surface area contributed by atoms with Crippen LogP contribution in [0.3, 0.4) is 0 Å². The third-order valence-electron chi connectivity index (χ3n) is 5.53. The lowest BCUT2D eigenvalue weighted by Crippen LogP contribution is -2.57. The molecule has 1 heterocycles. The number of hydrogen-bond acceptors (Lipinski definition) is 4. The van der Waals surface area contributed by atoms with Gasteiger partial charge < -0.3 is 11.1 Å². The number of hydrogen-bond donors (Lipinski definition) is 2. The molecule has 1 amide bonds. The number of nitriles is 1. The Hall–Kier alpha value is -3.05. The molecule has 1 aliphatic rings. The smallest absolute Gasteiger partial charge is 0.321 e. The third kappa shape index (κ3) is 4.92. The van der Waals surface area contributed by atoms with Crippen LogP contribution in [0.25, 0.3) is 11.1 Å². The maximum absolute atomic E-state index is 12.9. The monoisotopic (exact) mass is 414 g/mol. The van der Waals surface area contributed by atoms with Gasteiger partial charge in [0.15, 0.2) is 0 Å². The highest BCUT2D eigenvalue weighted by Crippen LogP contribution is 2.26. The van der Waals surface area contributed by atoms with Crippen molar-refractivity contribution in [3.8, 4) is 17.2 Å². The second-order valence-corrected chi connectivity index (χ2v) is 7.71. The van der Waals surface area contributed by atoms with E-state index >= 15 is 0 Å². The first-order valence-corrected chi connectivity index (χ1v) is 9.91. The van der Waals surface area contributed by atoms with Crippen molar-refractivity contribution in [3.05, 3.63) is 58.5 Å². The minimum Gasteiger partial charge on any atom is -0.338 e. The Balaban J connectivity index is 1.68. The zero-order valence-corrected chi connectivity index (χ0v) is 16.5. The van der Waals surface area contributed by atoms with Crippen LogP contribution in [0.2, 0.25) is 0 Å². The van der Waals surface area contributed by atoms with E-state index in [1.54, 1.807) is 24.3 Å². The molecule has 0 spiro atoms. The summed E-state index contributed by atoms with van der Waals surface area (Å²) in [5.74, 6) is -0.292. The highest BCUT2D eigenvalue weighted by atomic mass is 19.3. The molecule has 0 bridgehead atoms. The number of amides is 1. The highest BCUT2D eigenvalue weighted by molar-refractivity contribution is 5.86. The average Bonchev–Trinajstić information content (AvgIpc) is 2.74. The van der Waals surface area contributed by atoms with E-state index in [1.807, 2.05) is 0 Å². The predicted octanol–water partition coefficient (Wildman–Crippen LogP) is 3.12. The first kappa shape index (κ1) is 21.7. The summed E-state index contributed by atoms with van der Waals surface area (Å²) in [5, 5.41) is 12.2. The molecule has 1 aromatic heterocycles. The number of carbonyl (C=O) groups is 1. The number of benzene rings is 1. The Bertz CT molecular complexity index is 989. The van der Waals surface area contributed by atoms with Crippen molar-refractivity contribution in [1.29, 1.82) is 5.26 Å². The molecular weight excluding hydrogens is 390 g/mol. The van der Waals surface area contributed by atoms with E-state index in [4.69, 9.17) is 5.73 Å². The SMILES string of the molecule is N#C[C@H](Cc1ccc(-c2ccc(=O)n(C(F)F)c2)cc1)NC(=O)C1(N)CCCCC1. The molecular formula is C22H24F2N4O2. The van der Waals surface area contributed by atoms with Crippen LogP contribution in [0.1, 0.15) is 44.2 Å². The van der Waals surface area contributed by atoms with Gasteiger partial charge >= 0.3 is 6.55 Å². The summed E-state index contributed by atoms with van der Waals surface area (Å²) in [7, 11) is 0. The maximum atomic E-state index is 12.9. The molecule has 1 aromatic carbocycles. The zero-order valence-electron chi connectivity index (χ0n) is 16.5. The van der Waals surface area contributed by atoms with Gasteiger partial charge in [-0.25, -0.2) is 0 Å². The third-order valence-corrected chi connectivity index (χ3v) is 5.53. The lowest BCUT2D eigenvalue weighted by Gasteiger charge is -2.32. The number of carbonyl (C=O) groups excluding carboxylic acids is 1. The Morgan fingerprint density at radius 1 is 1.13 bits per heavy atom. The van der Waals surface area contributed by atoms with E-state index in [0.29, 0.717) is 35.0 Å². The van der Waals surface area contributed by atoms with Crippen LogP contribution in [-0.2, 0) is 11.2 Å². The van der Waals surface area contributed by atoms with Crippen molar-refractivity contribution < 1.29 is 13.6 Å². The normalized spacial score (nSPS) is 16.6. The molecule has 6 nitrogen and oxygen atoms in total. The summed E-state index contributed by atoms with van der Waals surface area (Å²) >= 11 is 0. The van der Waals surface area contributed by atoms with Gasteiger partial charge in [0.2, 0.25) is 5.91 Å². The van der Waals surface area contributed by atoms with E-state index in [9.17, 15) is 23.6 Å². The minimum atomic E-state index is -2.91. The van der Waals surface area contributed by atoms with Crippen molar-refractivity contribution in [3.63, 3.8) is 0 Å².